The normalized spacial score (nSPS) is 11.0. The predicted octanol–water partition coefficient (Wildman–Crippen LogP) is 4.86. The standard InChI is InChI=1S/C19H21BrN2O2S/c1-3-10-22-15(11-17-18(22)14(20)12-25-17)19(23)21-9-8-13-6-4-5-7-16(13)24-2/h4-7,11-12H,3,8-10H2,1-2H3,(H,21,23). The number of methoxy groups -OCH3 is 1. The average molecular weight is 421 g/mol. The number of benzene rings is 1. The van der Waals surface area contributed by atoms with Crippen molar-refractivity contribution in [2.45, 2.75) is 26.3 Å². The van der Waals surface area contributed by atoms with Gasteiger partial charge >= 0.3 is 0 Å². The van der Waals surface area contributed by atoms with Gasteiger partial charge in [0.05, 0.1) is 21.8 Å². The van der Waals surface area contributed by atoms with Gasteiger partial charge in [-0.2, -0.15) is 0 Å². The number of nitrogens with zero attached hydrogens (tertiary/aromatic N) is 1. The van der Waals surface area contributed by atoms with Crippen molar-refractivity contribution in [2.75, 3.05) is 13.7 Å². The summed E-state index contributed by atoms with van der Waals surface area (Å²) in [6.07, 6.45) is 1.72. The summed E-state index contributed by atoms with van der Waals surface area (Å²) in [6, 6.07) is 9.88. The van der Waals surface area contributed by atoms with Crippen LogP contribution < -0.4 is 10.1 Å². The monoisotopic (exact) mass is 420 g/mol. The average Bonchev–Trinajstić information content (AvgIpc) is 3.16. The largest absolute Gasteiger partial charge is 0.496 e. The van der Waals surface area contributed by atoms with E-state index in [1.54, 1.807) is 18.4 Å². The molecule has 25 heavy (non-hydrogen) atoms. The van der Waals surface area contributed by atoms with Crippen LogP contribution in [0.2, 0.25) is 0 Å². The molecular weight excluding hydrogens is 400 g/mol. The highest BCUT2D eigenvalue weighted by molar-refractivity contribution is 9.10. The molecule has 2 aromatic heterocycles. The molecule has 0 spiro atoms. The van der Waals surface area contributed by atoms with Crippen LogP contribution in [0, 0.1) is 0 Å². The Bertz CT molecular complexity index is 885. The third-order valence-corrected chi connectivity index (χ3v) is 5.96. The SMILES string of the molecule is CCCn1c(C(=O)NCCc2ccccc2OC)cc2scc(Br)c21. The van der Waals surface area contributed by atoms with Gasteiger partial charge in [0.1, 0.15) is 11.4 Å². The minimum absolute atomic E-state index is 0.0290. The number of hydrogen-bond acceptors (Lipinski definition) is 3. The molecule has 0 atom stereocenters. The van der Waals surface area contributed by atoms with Crippen molar-refractivity contribution >= 4 is 43.4 Å². The zero-order chi connectivity index (χ0) is 17.8. The van der Waals surface area contributed by atoms with E-state index in [1.807, 2.05) is 30.3 Å². The summed E-state index contributed by atoms with van der Waals surface area (Å²) in [5.74, 6) is 0.828. The molecule has 0 aliphatic carbocycles. The number of fused-ring (bicyclic) bond motifs is 1. The van der Waals surface area contributed by atoms with E-state index in [1.165, 1.54) is 0 Å². The molecule has 4 nitrogen and oxygen atoms in total. The number of ether oxygens (including phenoxy) is 1. The fourth-order valence-electron chi connectivity index (χ4n) is 2.99. The zero-order valence-electron chi connectivity index (χ0n) is 14.3. The minimum Gasteiger partial charge on any atom is -0.496 e. The van der Waals surface area contributed by atoms with E-state index in [2.05, 4.69) is 38.1 Å². The van der Waals surface area contributed by atoms with Crippen molar-refractivity contribution in [2.24, 2.45) is 0 Å². The van der Waals surface area contributed by atoms with Gasteiger partial charge in [-0.25, -0.2) is 0 Å². The fourth-order valence-corrected chi connectivity index (χ4v) is 4.68. The summed E-state index contributed by atoms with van der Waals surface area (Å²) in [7, 11) is 1.67. The molecule has 2 heterocycles. The van der Waals surface area contributed by atoms with E-state index < -0.39 is 0 Å². The lowest BCUT2D eigenvalue weighted by Crippen LogP contribution is -2.28. The van der Waals surface area contributed by atoms with Crippen molar-refractivity contribution in [3.63, 3.8) is 0 Å². The van der Waals surface area contributed by atoms with Gasteiger partial charge in [0.2, 0.25) is 0 Å². The molecule has 3 rings (SSSR count). The molecule has 0 radical (unpaired) electrons. The third-order valence-electron chi connectivity index (χ3n) is 4.13. The number of aryl methyl sites for hydroxylation is 1. The number of carbonyl (C=O) groups is 1. The maximum Gasteiger partial charge on any atom is 0.267 e. The van der Waals surface area contributed by atoms with E-state index >= 15 is 0 Å². The summed E-state index contributed by atoms with van der Waals surface area (Å²) >= 11 is 5.25. The van der Waals surface area contributed by atoms with Gasteiger partial charge in [-0.05, 0) is 46.5 Å². The van der Waals surface area contributed by atoms with Gasteiger partial charge < -0.3 is 14.6 Å². The number of thiophene rings is 1. The molecule has 6 heteroatoms. The molecule has 1 N–H and O–H groups in total. The number of rotatable bonds is 7. The van der Waals surface area contributed by atoms with E-state index in [0.29, 0.717) is 6.54 Å². The molecule has 0 unspecified atom stereocenters. The molecular formula is C19H21BrN2O2S. The van der Waals surface area contributed by atoms with Gasteiger partial charge in [0.15, 0.2) is 0 Å². The van der Waals surface area contributed by atoms with Crippen LogP contribution in [0.25, 0.3) is 10.2 Å². The number of halogens is 1. The molecule has 0 fully saturated rings. The number of amides is 1. The predicted molar refractivity (Wildman–Crippen MR) is 107 cm³/mol. The first-order chi connectivity index (χ1) is 12.2. The molecule has 0 saturated carbocycles. The minimum atomic E-state index is -0.0290. The zero-order valence-corrected chi connectivity index (χ0v) is 16.7. The lowest BCUT2D eigenvalue weighted by molar-refractivity contribution is 0.0945. The summed E-state index contributed by atoms with van der Waals surface area (Å²) in [5, 5.41) is 5.11. The second-order valence-electron chi connectivity index (χ2n) is 5.80. The smallest absolute Gasteiger partial charge is 0.267 e. The Hall–Kier alpha value is -1.79. The lowest BCUT2D eigenvalue weighted by Gasteiger charge is -2.11. The molecule has 1 aromatic carbocycles. The summed E-state index contributed by atoms with van der Waals surface area (Å²) in [4.78, 5) is 12.7. The number of para-hydroxylation sites is 1. The fraction of sp³-hybridized carbons (Fsp3) is 0.316. The molecule has 132 valence electrons. The number of hydrogen-bond donors (Lipinski definition) is 1. The quantitative estimate of drug-likeness (QED) is 0.592. The van der Waals surface area contributed by atoms with E-state index in [9.17, 15) is 4.79 Å². The maximum absolute atomic E-state index is 12.7. The van der Waals surface area contributed by atoms with Crippen molar-refractivity contribution in [3.05, 3.63) is 51.4 Å². The molecule has 0 bridgehead atoms. The Labute approximate surface area is 159 Å². The molecule has 0 saturated heterocycles. The van der Waals surface area contributed by atoms with Gasteiger partial charge in [-0.1, -0.05) is 25.1 Å². The number of aromatic nitrogens is 1. The molecule has 3 aromatic rings. The third kappa shape index (κ3) is 3.75. The van der Waals surface area contributed by atoms with Crippen LogP contribution in [-0.4, -0.2) is 24.1 Å². The lowest BCUT2D eigenvalue weighted by atomic mass is 10.1. The molecule has 0 aliphatic heterocycles. The second kappa shape index (κ2) is 8.06. The topological polar surface area (TPSA) is 43.3 Å². The summed E-state index contributed by atoms with van der Waals surface area (Å²) in [5.41, 5.74) is 2.93. The van der Waals surface area contributed by atoms with Gasteiger partial charge in [-0.15, -0.1) is 11.3 Å². The highest BCUT2D eigenvalue weighted by Crippen LogP contribution is 2.33. The van der Waals surface area contributed by atoms with Gasteiger partial charge in [0, 0.05) is 18.5 Å². The van der Waals surface area contributed by atoms with Crippen molar-refractivity contribution in [1.82, 2.24) is 9.88 Å². The van der Waals surface area contributed by atoms with Crippen LogP contribution in [0.1, 0.15) is 29.4 Å². The Morgan fingerprint density at radius 3 is 2.92 bits per heavy atom. The second-order valence-corrected chi connectivity index (χ2v) is 7.56. The van der Waals surface area contributed by atoms with Gasteiger partial charge in [0.25, 0.3) is 5.91 Å². The van der Waals surface area contributed by atoms with Crippen LogP contribution >= 0.6 is 27.3 Å². The van der Waals surface area contributed by atoms with Crippen molar-refractivity contribution in [3.8, 4) is 5.75 Å². The van der Waals surface area contributed by atoms with E-state index in [4.69, 9.17) is 4.74 Å². The maximum atomic E-state index is 12.7. The summed E-state index contributed by atoms with van der Waals surface area (Å²) in [6.45, 7) is 3.52. The Balaban J connectivity index is 1.73. The van der Waals surface area contributed by atoms with Gasteiger partial charge in [-0.3, -0.25) is 4.79 Å². The Kier molecular flexibility index (Phi) is 5.81. The molecule has 1 amide bonds. The van der Waals surface area contributed by atoms with Crippen LogP contribution in [0.15, 0.2) is 40.2 Å². The van der Waals surface area contributed by atoms with E-state index in [-0.39, 0.29) is 5.91 Å². The van der Waals surface area contributed by atoms with Crippen molar-refractivity contribution in [1.29, 1.82) is 0 Å². The Morgan fingerprint density at radius 2 is 2.16 bits per heavy atom. The van der Waals surface area contributed by atoms with Crippen LogP contribution in [-0.2, 0) is 13.0 Å². The first-order valence-electron chi connectivity index (χ1n) is 8.32. The van der Waals surface area contributed by atoms with Crippen molar-refractivity contribution < 1.29 is 9.53 Å². The highest BCUT2D eigenvalue weighted by Gasteiger charge is 2.18. The van der Waals surface area contributed by atoms with Crippen LogP contribution in [0.4, 0.5) is 0 Å². The number of carbonyl (C=O) groups excluding carboxylic acids is 1. The van der Waals surface area contributed by atoms with Crippen LogP contribution in [0.5, 0.6) is 5.75 Å². The Morgan fingerprint density at radius 1 is 1.36 bits per heavy atom. The highest BCUT2D eigenvalue weighted by atomic mass is 79.9. The van der Waals surface area contributed by atoms with E-state index in [0.717, 1.165) is 51.1 Å². The van der Waals surface area contributed by atoms with Crippen LogP contribution in [0.3, 0.4) is 0 Å². The first kappa shape index (κ1) is 18.0. The summed E-state index contributed by atoms with van der Waals surface area (Å²) < 4.78 is 9.65. The first-order valence-corrected chi connectivity index (χ1v) is 9.99. The number of nitrogens with one attached hydrogen (secondary N) is 1. The molecule has 0 aliphatic rings.